The average molecular weight is 774 g/mol. The first-order chi connectivity index (χ1) is 26.4. The summed E-state index contributed by atoms with van der Waals surface area (Å²) in [6.07, 6.45) is 10.7. The van der Waals surface area contributed by atoms with Gasteiger partial charge < -0.3 is 47.9 Å². The molecule has 0 radical (unpaired) electrons. The maximum atomic E-state index is 14.7. The molecule has 1 saturated carbocycles. The number of Topliss-reactive ketones (excluding diaryl/α,β-unsaturated/α-hetero) is 1. The van der Waals surface area contributed by atoms with E-state index < -0.39 is 42.9 Å². The highest BCUT2D eigenvalue weighted by atomic mass is 16.7. The minimum Gasteiger partial charge on any atom is -0.458 e. The summed E-state index contributed by atoms with van der Waals surface area (Å²) in [7, 11) is 8.98. The molecule has 6 aliphatic rings. The second-order valence-corrected chi connectivity index (χ2v) is 16.9. The summed E-state index contributed by atoms with van der Waals surface area (Å²) >= 11 is 0. The van der Waals surface area contributed by atoms with Gasteiger partial charge in [0, 0.05) is 45.1 Å². The van der Waals surface area contributed by atoms with Gasteiger partial charge in [0.15, 0.2) is 18.4 Å². The van der Waals surface area contributed by atoms with E-state index in [1.807, 2.05) is 26.0 Å². The number of carbonyl (C=O) groups excluding carboxylic acids is 2. The van der Waals surface area contributed by atoms with Gasteiger partial charge in [-0.1, -0.05) is 38.2 Å². The number of hydrogen-bond donors (Lipinski definition) is 1. The fourth-order valence-corrected chi connectivity index (χ4v) is 10.5. The molecule has 12 heteroatoms. The number of methoxy groups -OCH3 is 3. The number of nitrogens with zero attached hydrogens (tertiary/aromatic N) is 1. The molecule has 4 fully saturated rings. The van der Waals surface area contributed by atoms with Gasteiger partial charge in [0.1, 0.15) is 24.4 Å². The third-order valence-electron chi connectivity index (χ3n) is 13.4. The normalized spacial score (nSPS) is 45.4. The predicted octanol–water partition coefficient (Wildman–Crippen LogP) is 5.01. The summed E-state index contributed by atoms with van der Waals surface area (Å²) in [5, 5.41) is 11.7. The summed E-state index contributed by atoms with van der Waals surface area (Å²) in [6.45, 7) is 8.04. The van der Waals surface area contributed by atoms with Crippen LogP contribution in [-0.4, -0.2) is 131 Å². The van der Waals surface area contributed by atoms with Gasteiger partial charge in [0.05, 0.1) is 36.9 Å². The van der Waals surface area contributed by atoms with Crippen molar-refractivity contribution in [2.75, 3.05) is 35.4 Å². The standard InChI is InChI=1S/C43H67NO11/c1-10-11-13-26-14-12-15-34(54-37-19-18-33(44(5)6)24(3)51-37)23(2)38(46)32-20-29-27(31(32)22-36(45)53-26)16-17-28-30(29)21-35(39(28)47)55-43-42(50-9)41(49-8)40(48-7)25(4)52-43/h11,13,16-17,20,23-31,33-35,37,39-43,47H,10,12,14-15,18-19,21-22H2,1-9H3/b13-11+/t23-,24-,25+,26+,27?,28?,29?,30?,31?,33+,34+,35+,37?,39+,40+,41-,42-,43+/m1/s1. The maximum Gasteiger partial charge on any atom is 0.307 e. The second-order valence-electron chi connectivity index (χ2n) is 16.9. The van der Waals surface area contributed by atoms with Gasteiger partial charge in [0.25, 0.3) is 0 Å². The minimum atomic E-state index is -0.793. The van der Waals surface area contributed by atoms with Gasteiger partial charge in [-0.3, -0.25) is 9.59 Å². The van der Waals surface area contributed by atoms with Crippen LogP contribution >= 0.6 is 0 Å². The summed E-state index contributed by atoms with van der Waals surface area (Å²) in [4.78, 5) is 30.6. The Bertz CT molecular complexity index is 1400. The Labute approximate surface area is 328 Å². The number of ether oxygens (including phenoxy) is 8. The lowest BCUT2D eigenvalue weighted by molar-refractivity contribution is -0.319. The van der Waals surface area contributed by atoms with Crippen LogP contribution in [0.1, 0.15) is 79.1 Å². The molecule has 0 aromatic heterocycles. The molecule has 1 N–H and O–H groups in total. The van der Waals surface area contributed by atoms with E-state index in [1.165, 1.54) is 0 Å². The molecular weight excluding hydrogens is 706 g/mol. The Morgan fingerprint density at radius 2 is 1.58 bits per heavy atom. The third kappa shape index (κ3) is 9.03. The molecule has 0 amide bonds. The van der Waals surface area contributed by atoms with E-state index in [1.54, 1.807) is 21.3 Å². The van der Waals surface area contributed by atoms with E-state index >= 15 is 0 Å². The minimum absolute atomic E-state index is 0.00506. The third-order valence-corrected chi connectivity index (χ3v) is 13.4. The molecule has 3 aliphatic heterocycles. The molecule has 0 aromatic carbocycles. The summed E-state index contributed by atoms with van der Waals surface area (Å²) in [5.74, 6) is -1.43. The number of ketones is 1. The highest BCUT2D eigenvalue weighted by Gasteiger charge is 2.55. The summed E-state index contributed by atoms with van der Waals surface area (Å²) < 4.78 is 49.3. The summed E-state index contributed by atoms with van der Waals surface area (Å²) in [6, 6.07) is 0.310. The number of hydrogen-bond acceptors (Lipinski definition) is 12. The predicted molar refractivity (Wildman–Crippen MR) is 205 cm³/mol. The maximum absolute atomic E-state index is 14.7. The van der Waals surface area contributed by atoms with Crippen molar-refractivity contribution >= 4 is 11.8 Å². The van der Waals surface area contributed by atoms with Crippen molar-refractivity contribution in [3.05, 3.63) is 36.0 Å². The van der Waals surface area contributed by atoms with Crippen molar-refractivity contribution in [1.29, 1.82) is 0 Å². The highest BCUT2D eigenvalue weighted by Crippen LogP contribution is 2.54. The van der Waals surface area contributed by atoms with E-state index in [2.05, 4.69) is 51.1 Å². The Hall–Kier alpha value is -2.00. The van der Waals surface area contributed by atoms with Gasteiger partial charge in [-0.25, -0.2) is 0 Å². The first kappa shape index (κ1) is 42.6. The average Bonchev–Trinajstić information content (AvgIpc) is 3.68. The molecule has 55 heavy (non-hydrogen) atoms. The topological polar surface area (TPSA) is 131 Å². The number of cyclic esters (lactones) is 1. The quantitative estimate of drug-likeness (QED) is 0.237. The SMILES string of the molecule is CC/C=C/[C@H]1CCC[C@H](OC2CC[C@H](N(C)C)[C@@H](C)O2)[C@@H](C)C(=O)C2=CC3C(C=CC4C3C[C@H](O[C@@H]3O[C@@H](C)[C@H](OC)[C@@H](OC)[C@H]3OC)[C@H]4O)C2CC(=O)O1. The zero-order chi connectivity index (χ0) is 39.6. The van der Waals surface area contributed by atoms with Gasteiger partial charge in [-0.05, 0) is 102 Å². The van der Waals surface area contributed by atoms with Crippen molar-refractivity contribution in [3.8, 4) is 0 Å². The van der Waals surface area contributed by atoms with Crippen LogP contribution in [0.5, 0.6) is 0 Å². The molecule has 3 heterocycles. The lowest BCUT2D eigenvalue weighted by atomic mass is 9.70. The van der Waals surface area contributed by atoms with E-state index in [9.17, 15) is 14.7 Å². The Balaban J connectivity index is 1.24. The number of fused-ring (bicyclic) bond motifs is 5. The molecule has 0 aromatic rings. The van der Waals surface area contributed by atoms with Crippen LogP contribution in [-0.2, 0) is 47.5 Å². The van der Waals surface area contributed by atoms with E-state index in [-0.39, 0.29) is 78.3 Å². The summed E-state index contributed by atoms with van der Waals surface area (Å²) in [5.41, 5.74) is 0.668. The molecule has 12 nitrogen and oxygen atoms in total. The number of aliphatic hydroxyl groups is 1. The van der Waals surface area contributed by atoms with Crippen LogP contribution in [0.25, 0.3) is 0 Å². The fraction of sp³-hybridized carbons (Fsp3) is 0.814. The molecule has 6 unspecified atom stereocenters. The van der Waals surface area contributed by atoms with Crippen LogP contribution in [0.4, 0.5) is 0 Å². The van der Waals surface area contributed by atoms with Gasteiger partial charge in [-0.2, -0.15) is 0 Å². The largest absolute Gasteiger partial charge is 0.458 e. The zero-order valence-corrected chi connectivity index (χ0v) is 34.4. The number of carbonyl (C=O) groups is 2. The van der Waals surface area contributed by atoms with Crippen LogP contribution < -0.4 is 0 Å². The van der Waals surface area contributed by atoms with E-state index in [4.69, 9.17) is 37.9 Å². The Kier molecular flexibility index (Phi) is 14.5. The van der Waals surface area contributed by atoms with Crippen molar-refractivity contribution < 1.29 is 52.6 Å². The van der Waals surface area contributed by atoms with Crippen LogP contribution in [0.2, 0.25) is 0 Å². The number of aliphatic hydroxyl groups excluding tert-OH is 1. The first-order valence-electron chi connectivity index (χ1n) is 20.8. The van der Waals surface area contributed by atoms with E-state index in [0.29, 0.717) is 30.9 Å². The van der Waals surface area contributed by atoms with Crippen LogP contribution in [0, 0.1) is 35.5 Å². The number of likely N-dealkylation sites (N-methyl/N-ethyl adjacent to an activating group) is 1. The fourth-order valence-electron chi connectivity index (χ4n) is 10.5. The smallest absolute Gasteiger partial charge is 0.307 e. The molecule has 0 spiro atoms. The molecule has 3 saturated heterocycles. The van der Waals surface area contributed by atoms with Crippen molar-refractivity contribution in [2.45, 2.75) is 153 Å². The lowest BCUT2D eigenvalue weighted by Gasteiger charge is -2.44. The molecular formula is C43H67NO11. The van der Waals surface area contributed by atoms with Crippen LogP contribution in [0.3, 0.4) is 0 Å². The Morgan fingerprint density at radius 3 is 2.25 bits per heavy atom. The molecule has 18 atom stereocenters. The molecule has 3 aliphatic carbocycles. The van der Waals surface area contributed by atoms with Crippen LogP contribution in [0.15, 0.2) is 36.0 Å². The second kappa shape index (κ2) is 18.7. The number of esters is 1. The van der Waals surface area contributed by atoms with Crippen molar-refractivity contribution in [3.63, 3.8) is 0 Å². The zero-order valence-electron chi connectivity index (χ0n) is 34.4. The van der Waals surface area contributed by atoms with Crippen molar-refractivity contribution in [1.82, 2.24) is 4.90 Å². The van der Waals surface area contributed by atoms with Crippen molar-refractivity contribution in [2.24, 2.45) is 35.5 Å². The number of rotatable bonds is 10. The lowest BCUT2D eigenvalue weighted by Crippen LogP contribution is -2.60. The highest BCUT2D eigenvalue weighted by molar-refractivity contribution is 5.99. The monoisotopic (exact) mass is 773 g/mol. The Morgan fingerprint density at radius 1 is 0.855 bits per heavy atom. The van der Waals surface area contributed by atoms with Gasteiger partial charge in [0.2, 0.25) is 0 Å². The van der Waals surface area contributed by atoms with Gasteiger partial charge in [-0.15, -0.1) is 0 Å². The number of allylic oxidation sites excluding steroid dienone is 4. The van der Waals surface area contributed by atoms with E-state index in [0.717, 1.165) is 25.7 Å². The van der Waals surface area contributed by atoms with Gasteiger partial charge >= 0.3 is 5.97 Å². The molecule has 310 valence electrons. The molecule has 6 rings (SSSR count). The first-order valence-corrected chi connectivity index (χ1v) is 20.8. The molecule has 0 bridgehead atoms.